The van der Waals surface area contributed by atoms with Gasteiger partial charge in [0, 0.05) is 17.6 Å². The molecular formula is C23H29BrN2O3. The van der Waals surface area contributed by atoms with Gasteiger partial charge in [-0.25, -0.2) is 0 Å². The number of hydrogen-bond donors (Lipinski definition) is 1. The van der Waals surface area contributed by atoms with Crippen LogP contribution in [0.1, 0.15) is 37.0 Å². The zero-order chi connectivity index (χ0) is 21.4. The van der Waals surface area contributed by atoms with Gasteiger partial charge in [0.25, 0.3) is 5.91 Å². The summed E-state index contributed by atoms with van der Waals surface area (Å²) in [4.78, 5) is 27.1. The molecule has 0 bridgehead atoms. The van der Waals surface area contributed by atoms with Crippen molar-refractivity contribution in [2.45, 2.75) is 46.7 Å². The van der Waals surface area contributed by atoms with E-state index in [9.17, 15) is 9.59 Å². The minimum absolute atomic E-state index is 0.127. The highest BCUT2D eigenvalue weighted by Crippen LogP contribution is 2.22. The third kappa shape index (κ3) is 6.89. The zero-order valence-electron chi connectivity index (χ0n) is 17.5. The predicted molar refractivity (Wildman–Crippen MR) is 119 cm³/mol. The number of carbonyl (C=O) groups is 2. The average molecular weight is 461 g/mol. The van der Waals surface area contributed by atoms with E-state index in [1.807, 2.05) is 63.2 Å². The molecule has 29 heavy (non-hydrogen) atoms. The number of benzene rings is 2. The van der Waals surface area contributed by atoms with Crippen LogP contribution in [0.4, 0.5) is 0 Å². The lowest BCUT2D eigenvalue weighted by atomic mass is 10.1. The fraction of sp³-hybridized carbons (Fsp3) is 0.391. The Morgan fingerprint density at radius 1 is 1.17 bits per heavy atom. The summed E-state index contributed by atoms with van der Waals surface area (Å²) in [6.45, 7) is 8.53. The van der Waals surface area contributed by atoms with Crippen LogP contribution >= 0.6 is 15.9 Å². The molecule has 0 aliphatic carbocycles. The summed E-state index contributed by atoms with van der Waals surface area (Å²) in [7, 11) is 0. The molecule has 0 spiro atoms. The standard InChI is InChI=1S/C23H29BrN2O3/c1-5-11-25-23(28)18(4)26(14-19-8-6-7-16(2)12-19)22(27)15-29-20-9-10-21(24)17(3)13-20/h6-10,12-13,18H,5,11,14-15H2,1-4H3,(H,25,28)/t18-/m1/s1. The SMILES string of the molecule is CCCNC(=O)[C@@H](C)N(Cc1cccc(C)c1)C(=O)COc1ccc(Br)c(C)c1. The smallest absolute Gasteiger partial charge is 0.261 e. The highest BCUT2D eigenvalue weighted by molar-refractivity contribution is 9.10. The van der Waals surface area contributed by atoms with Crippen LogP contribution in [-0.2, 0) is 16.1 Å². The first-order chi connectivity index (χ1) is 13.8. The fourth-order valence-electron chi connectivity index (χ4n) is 2.92. The van der Waals surface area contributed by atoms with Crippen LogP contribution in [0, 0.1) is 13.8 Å². The van der Waals surface area contributed by atoms with E-state index in [1.54, 1.807) is 11.8 Å². The van der Waals surface area contributed by atoms with E-state index in [0.29, 0.717) is 18.8 Å². The molecule has 0 aromatic heterocycles. The van der Waals surface area contributed by atoms with Crippen LogP contribution in [-0.4, -0.2) is 35.9 Å². The van der Waals surface area contributed by atoms with Crippen molar-refractivity contribution in [3.8, 4) is 5.75 Å². The molecule has 2 aromatic rings. The third-order valence-corrected chi connectivity index (χ3v) is 5.53. The molecule has 0 fully saturated rings. The Morgan fingerprint density at radius 3 is 2.59 bits per heavy atom. The highest BCUT2D eigenvalue weighted by atomic mass is 79.9. The molecule has 0 saturated carbocycles. The monoisotopic (exact) mass is 460 g/mol. The van der Waals surface area contributed by atoms with Crippen molar-refractivity contribution in [3.63, 3.8) is 0 Å². The molecular weight excluding hydrogens is 432 g/mol. The number of nitrogens with one attached hydrogen (secondary N) is 1. The summed E-state index contributed by atoms with van der Waals surface area (Å²) in [6, 6.07) is 12.9. The molecule has 1 N–H and O–H groups in total. The van der Waals surface area contributed by atoms with Gasteiger partial charge >= 0.3 is 0 Å². The summed E-state index contributed by atoms with van der Waals surface area (Å²) in [6.07, 6.45) is 0.844. The van der Waals surface area contributed by atoms with E-state index in [1.165, 1.54) is 0 Å². The highest BCUT2D eigenvalue weighted by Gasteiger charge is 2.26. The van der Waals surface area contributed by atoms with Gasteiger partial charge < -0.3 is 15.0 Å². The van der Waals surface area contributed by atoms with Gasteiger partial charge in [0.2, 0.25) is 5.91 Å². The van der Waals surface area contributed by atoms with Gasteiger partial charge in [0.05, 0.1) is 0 Å². The van der Waals surface area contributed by atoms with Crippen molar-refractivity contribution in [1.29, 1.82) is 0 Å². The topological polar surface area (TPSA) is 58.6 Å². The molecule has 0 aliphatic heterocycles. The molecule has 2 aromatic carbocycles. The van der Waals surface area contributed by atoms with Crippen LogP contribution < -0.4 is 10.1 Å². The average Bonchev–Trinajstić information content (AvgIpc) is 2.70. The van der Waals surface area contributed by atoms with Crippen LogP contribution in [0.2, 0.25) is 0 Å². The summed E-state index contributed by atoms with van der Waals surface area (Å²) >= 11 is 3.46. The molecule has 1 atom stereocenters. The maximum atomic E-state index is 13.0. The van der Waals surface area contributed by atoms with Crippen molar-refractivity contribution >= 4 is 27.7 Å². The number of rotatable bonds is 9. The quantitative estimate of drug-likeness (QED) is 0.603. The van der Waals surface area contributed by atoms with Gasteiger partial charge in [-0.3, -0.25) is 9.59 Å². The van der Waals surface area contributed by atoms with E-state index in [-0.39, 0.29) is 18.4 Å². The molecule has 0 heterocycles. The van der Waals surface area contributed by atoms with Gasteiger partial charge in [-0.1, -0.05) is 52.7 Å². The Labute approximate surface area is 181 Å². The largest absolute Gasteiger partial charge is 0.484 e. The van der Waals surface area contributed by atoms with E-state index < -0.39 is 6.04 Å². The van der Waals surface area contributed by atoms with Crippen LogP contribution in [0.25, 0.3) is 0 Å². The molecule has 2 rings (SSSR count). The first kappa shape index (κ1) is 22.9. The predicted octanol–water partition coefficient (Wildman–Crippen LogP) is 4.39. The number of nitrogens with zero attached hydrogens (tertiary/aromatic N) is 1. The number of amides is 2. The van der Waals surface area contributed by atoms with E-state index in [2.05, 4.69) is 21.2 Å². The third-order valence-electron chi connectivity index (χ3n) is 4.64. The lowest BCUT2D eigenvalue weighted by Gasteiger charge is -2.29. The molecule has 2 amide bonds. The first-order valence-corrected chi connectivity index (χ1v) is 10.6. The molecule has 5 nitrogen and oxygen atoms in total. The van der Waals surface area contributed by atoms with Crippen LogP contribution in [0.3, 0.4) is 0 Å². The molecule has 0 saturated heterocycles. The van der Waals surface area contributed by atoms with Gasteiger partial charge in [0.15, 0.2) is 6.61 Å². The van der Waals surface area contributed by atoms with Crippen LogP contribution in [0.15, 0.2) is 46.9 Å². The lowest BCUT2D eigenvalue weighted by molar-refractivity contribution is -0.142. The van der Waals surface area contributed by atoms with Gasteiger partial charge in [-0.05, 0) is 56.5 Å². The Bertz CT molecular complexity index is 854. The Hall–Kier alpha value is -2.34. The van der Waals surface area contributed by atoms with Crippen LogP contribution in [0.5, 0.6) is 5.75 Å². The summed E-state index contributed by atoms with van der Waals surface area (Å²) < 4.78 is 6.70. The molecule has 0 unspecified atom stereocenters. The maximum Gasteiger partial charge on any atom is 0.261 e. The summed E-state index contributed by atoms with van der Waals surface area (Å²) in [5, 5.41) is 2.87. The van der Waals surface area contributed by atoms with Gasteiger partial charge in [0.1, 0.15) is 11.8 Å². The molecule has 6 heteroatoms. The van der Waals surface area contributed by atoms with Crippen molar-refractivity contribution in [2.75, 3.05) is 13.2 Å². The van der Waals surface area contributed by atoms with Gasteiger partial charge in [-0.15, -0.1) is 0 Å². The summed E-state index contributed by atoms with van der Waals surface area (Å²) in [5.41, 5.74) is 3.12. The van der Waals surface area contributed by atoms with E-state index in [0.717, 1.165) is 27.6 Å². The summed E-state index contributed by atoms with van der Waals surface area (Å²) in [5.74, 6) is 0.233. The number of aryl methyl sites for hydroxylation is 2. The number of ether oxygens (including phenoxy) is 1. The van der Waals surface area contributed by atoms with E-state index in [4.69, 9.17) is 4.74 Å². The van der Waals surface area contributed by atoms with Crippen molar-refractivity contribution in [3.05, 3.63) is 63.6 Å². The number of hydrogen-bond acceptors (Lipinski definition) is 3. The normalized spacial score (nSPS) is 11.6. The number of halogens is 1. The Kier molecular flexibility index (Phi) is 8.70. The minimum atomic E-state index is -0.593. The van der Waals surface area contributed by atoms with Gasteiger partial charge in [-0.2, -0.15) is 0 Å². The van der Waals surface area contributed by atoms with Crippen molar-refractivity contribution in [1.82, 2.24) is 10.2 Å². The second kappa shape index (κ2) is 11.0. The lowest BCUT2D eigenvalue weighted by Crippen LogP contribution is -2.49. The maximum absolute atomic E-state index is 13.0. The van der Waals surface area contributed by atoms with Crippen molar-refractivity contribution in [2.24, 2.45) is 0 Å². The second-order valence-electron chi connectivity index (χ2n) is 7.18. The second-order valence-corrected chi connectivity index (χ2v) is 8.03. The Balaban J connectivity index is 2.14. The molecule has 0 radical (unpaired) electrons. The fourth-order valence-corrected chi connectivity index (χ4v) is 3.17. The van der Waals surface area contributed by atoms with Crippen molar-refractivity contribution < 1.29 is 14.3 Å². The number of carbonyl (C=O) groups excluding carboxylic acids is 2. The first-order valence-electron chi connectivity index (χ1n) is 9.83. The molecule has 0 aliphatic rings. The van der Waals surface area contributed by atoms with E-state index >= 15 is 0 Å². The Morgan fingerprint density at radius 2 is 1.93 bits per heavy atom. The molecule has 156 valence electrons. The zero-order valence-corrected chi connectivity index (χ0v) is 19.1. The minimum Gasteiger partial charge on any atom is -0.484 e.